The Hall–Kier alpha value is -2.89. The molecule has 3 N–H and O–H groups in total. The Kier molecular flexibility index (Phi) is 6.91. The molecule has 168 valence electrons. The minimum atomic E-state index is -3.79. The second kappa shape index (κ2) is 9.31. The average molecular weight is 538 g/mol. The summed E-state index contributed by atoms with van der Waals surface area (Å²) in [5, 5.41) is 2.67. The van der Waals surface area contributed by atoms with E-state index < -0.39 is 26.0 Å². The van der Waals surface area contributed by atoms with Gasteiger partial charge in [-0.15, -0.1) is 0 Å². The number of benzene rings is 3. The van der Waals surface area contributed by atoms with Crippen LogP contribution >= 0.6 is 15.9 Å². The van der Waals surface area contributed by atoms with Crippen molar-refractivity contribution in [3.63, 3.8) is 0 Å². The quantitative estimate of drug-likeness (QED) is 0.417. The monoisotopic (exact) mass is 537 g/mol. The Morgan fingerprint density at radius 1 is 0.812 bits per heavy atom. The molecule has 3 aromatic rings. The van der Waals surface area contributed by atoms with Crippen LogP contribution in [0.2, 0.25) is 0 Å². The zero-order valence-corrected chi connectivity index (χ0v) is 20.3. The second-order valence-electron chi connectivity index (χ2n) is 6.99. The molecule has 0 atom stereocenters. The van der Waals surface area contributed by atoms with E-state index >= 15 is 0 Å². The summed E-state index contributed by atoms with van der Waals surface area (Å²) in [6.07, 6.45) is 1.03. The van der Waals surface area contributed by atoms with Crippen LogP contribution in [0.15, 0.2) is 76.1 Å². The number of amides is 1. The van der Waals surface area contributed by atoms with Crippen molar-refractivity contribution in [3.8, 4) is 0 Å². The Balaban J connectivity index is 1.73. The summed E-state index contributed by atoms with van der Waals surface area (Å²) in [6.45, 7) is 1.72. The van der Waals surface area contributed by atoms with Crippen LogP contribution in [0.5, 0.6) is 0 Å². The molecule has 0 radical (unpaired) electrons. The Morgan fingerprint density at radius 3 is 2.00 bits per heavy atom. The molecule has 3 aromatic carbocycles. The molecular formula is C21H20BrN3O5S2. The van der Waals surface area contributed by atoms with Crippen LogP contribution in [0.4, 0.5) is 17.1 Å². The second-order valence-corrected chi connectivity index (χ2v) is 11.3. The number of hydrogen-bond acceptors (Lipinski definition) is 5. The molecule has 32 heavy (non-hydrogen) atoms. The van der Waals surface area contributed by atoms with Gasteiger partial charge in [0.25, 0.3) is 15.9 Å². The lowest BCUT2D eigenvalue weighted by Crippen LogP contribution is -2.15. The predicted octanol–water partition coefficient (Wildman–Crippen LogP) is 4.18. The van der Waals surface area contributed by atoms with Crippen molar-refractivity contribution in [1.82, 2.24) is 0 Å². The minimum Gasteiger partial charge on any atom is -0.322 e. The maximum Gasteiger partial charge on any atom is 0.261 e. The molecular weight excluding hydrogens is 518 g/mol. The molecule has 8 nitrogen and oxygen atoms in total. The SMILES string of the molecule is Cc1ccc(C(=O)Nc2ccc(S(=O)(=O)Nc3ccc(Br)cc3)cc2)cc1NS(C)(=O)=O. The van der Waals surface area contributed by atoms with Gasteiger partial charge in [0.1, 0.15) is 0 Å². The molecule has 0 saturated heterocycles. The van der Waals surface area contributed by atoms with E-state index in [1.807, 2.05) is 0 Å². The standard InChI is InChI=1S/C21H20BrN3O5S2/c1-14-3-4-15(13-20(14)25-31(2,27)28)21(26)23-17-9-11-19(12-10-17)32(29,30)24-18-7-5-16(22)6-8-18/h3-13,24-25H,1-2H3,(H,23,26). The van der Waals surface area contributed by atoms with Crippen LogP contribution < -0.4 is 14.8 Å². The van der Waals surface area contributed by atoms with E-state index in [1.54, 1.807) is 43.3 Å². The van der Waals surface area contributed by atoms with Crippen molar-refractivity contribution in [2.45, 2.75) is 11.8 Å². The minimum absolute atomic E-state index is 0.0355. The van der Waals surface area contributed by atoms with E-state index in [1.165, 1.54) is 30.3 Å². The highest BCUT2D eigenvalue weighted by molar-refractivity contribution is 9.10. The number of hydrogen-bond donors (Lipinski definition) is 3. The largest absolute Gasteiger partial charge is 0.322 e. The number of sulfonamides is 2. The molecule has 1 amide bonds. The van der Waals surface area contributed by atoms with Crippen LogP contribution in [0.25, 0.3) is 0 Å². The fourth-order valence-electron chi connectivity index (χ4n) is 2.73. The lowest BCUT2D eigenvalue weighted by atomic mass is 10.1. The van der Waals surface area contributed by atoms with Crippen LogP contribution in [0.3, 0.4) is 0 Å². The Bertz CT molecular complexity index is 1360. The van der Waals surface area contributed by atoms with Gasteiger partial charge in [0.2, 0.25) is 10.0 Å². The highest BCUT2D eigenvalue weighted by Gasteiger charge is 2.15. The predicted molar refractivity (Wildman–Crippen MR) is 129 cm³/mol. The molecule has 0 aliphatic carbocycles. The number of anilines is 3. The van der Waals surface area contributed by atoms with Crippen molar-refractivity contribution in [2.24, 2.45) is 0 Å². The summed E-state index contributed by atoms with van der Waals surface area (Å²) in [7, 11) is -7.29. The molecule has 0 aliphatic heterocycles. The molecule has 0 aliphatic rings. The number of nitrogens with one attached hydrogen (secondary N) is 3. The normalized spacial score (nSPS) is 11.6. The summed E-state index contributed by atoms with van der Waals surface area (Å²) in [5.41, 5.74) is 2.02. The smallest absolute Gasteiger partial charge is 0.261 e. The Labute approximate surface area is 195 Å². The molecule has 0 unspecified atom stereocenters. The summed E-state index contributed by atoms with van der Waals surface area (Å²) in [6, 6.07) is 17.0. The summed E-state index contributed by atoms with van der Waals surface area (Å²) in [4.78, 5) is 12.6. The van der Waals surface area contributed by atoms with Gasteiger partial charge in [-0.3, -0.25) is 14.2 Å². The molecule has 0 spiro atoms. The zero-order chi connectivity index (χ0) is 23.5. The van der Waals surface area contributed by atoms with Crippen molar-refractivity contribution >= 4 is 58.9 Å². The molecule has 0 aromatic heterocycles. The first-order valence-electron chi connectivity index (χ1n) is 9.21. The van der Waals surface area contributed by atoms with Gasteiger partial charge in [-0.25, -0.2) is 16.8 Å². The van der Waals surface area contributed by atoms with Gasteiger partial charge in [0, 0.05) is 21.4 Å². The number of carbonyl (C=O) groups excluding carboxylic acids is 1. The third-order valence-corrected chi connectivity index (χ3v) is 6.83. The van der Waals surface area contributed by atoms with Crippen LogP contribution in [0, 0.1) is 6.92 Å². The topological polar surface area (TPSA) is 121 Å². The highest BCUT2D eigenvalue weighted by atomic mass is 79.9. The first-order chi connectivity index (χ1) is 14.9. The third-order valence-electron chi connectivity index (χ3n) is 4.31. The van der Waals surface area contributed by atoms with Gasteiger partial charge in [-0.2, -0.15) is 0 Å². The molecule has 3 rings (SSSR count). The van der Waals surface area contributed by atoms with Crippen LogP contribution in [-0.2, 0) is 20.0 Å². The molecule has 0 saturated carbocycles. The average Bonchev–Trinajstić information content (AvgIpc) is 2.70. The van der Waals surface area contributed by atoms with Crippen molar-refractivity contribution in [1.29, 1.82) is 0 Å². The fourth-order valence-corrected chi connectivity index (χ4v) is 4.67. The lowest BCUT2D eigenvalue weighted by molar-refractivity contribution is 0.102. The molecule has 0 bridgehead atoms. The number of rotatable bonds is 7. The number of carbonyl (C=O) groups is 1. The van der Waals surface area contributed by atoms with E-state index in [-0.39, 0.29) is 10.5 Å². The van der Waals surface area contributed by atoms with Gasteiger partial charge in [-0.05, 0) is 73.2 Å². The third kappa shape index (κ3) is 6.31. The zero-order valence-electron chi connectivity index (χ0n) is 17.1. The molecule has 0 heterocycles. The van der Waals surface area contributed by atoms with Crippen LogP contribution in [0.1, 0.15) is 15.9 Å². The number of halogens is 1. The summed E-state index contributed by atoms with van der Waals surface area (Å²) >= 11 is 3.29. The maximum atomic E-state index is 12.6. The van der Waals surface area contributed by atoms with Crippen molar-refractivity contribution in [3.05, 3.63) is 82.3 Å². The maximum absolute atomic E-state index is 12.6. The van der Waals surface area contributed by atoms with Crippen molar-refractivity contribution < 1.29 is 21.6 Å². The van der Waals surface area contributed by atoms with Crippen molar-refractivity contribution in [2.75, 3.05) is 21.0 Å². The van der Waals surface area contributed by atoms with Gasteiger partial charge in [0.15, 0.2) is 0 Å². The lowest BCUT2D eigenvalue weighted by Gasteiger charge is -2.11. The van der Waals surface area contributed by atoms with E-state index in [0.29, 0.717) is 22.6 Å². The van der Waals surface area contributed by atoms with E-state index in [9.17, 15) is 21.6 Å². The van der Waals surface area contributed by atoms with Gasteiger partial charge in [-0.1, -0.05) is 22.0 Å². The molecule has 11 heteroatoms. The van der Waals surface area contributed by atoms with E-state index in [4.69, 9.17) is 0 Å². The van der Waals surface area contributed by atoms with E-state index in [2.05, 4.69) is 30.7 Å². The van der Waals surface area contributed by atoms with Crippen LogP contribution in [-0.4, -0.2) is 29.0 Å². The first kappa shape index (κ1) is 23.8. The van der Waals surface area contributed by atoms with Gasteiger partial charge in [0.05, 0.1) is 16.8 Å². The fraction of sp³-hybridized carbons (Fsp3) is 0.0952. The Morgan fingerprint density at radius 2 is 1.41 bits per heavy atom. The molecule has 0 fully saturated rings. The van der Waals surface area contributed by atoms with Gasteiger partial charge >= 0.3 is 0 Å². The summed E-state index contributed by atoms with van der Waals surface area (Å²) < 4.78 is 53.8. The highest BCUT2D eigenvalue weighted by Crippen LogP contribution is 2.22. The number of aryl methyl sites for hydroxylation is 1. The van der Waals surface area contributed by atoms with Gasteiger partial charge < -0.3 is 5.32 Å². The summed E-state index contributed by atoms with van der Waals surface area (Å²) in [5.74, 6) is -0.467. The first-order valence-corrected chi connectivity index (χ1v) is 13.4. The van der Waals surface area contributed by atoms with E-state index in [0.717, 1.165) is 10.7 Å².